The lowest BCUT2D eigenvalue weighted by molar-refractivity contribution is -0.117. The zero-order chi connectivity index (χ0) is 14.5. The summed E-state index contributed by atoms with van der Waals surface area (Å²) in [7, 11) is 0. The summed E-state index contributed by atoms with van der Waals surface area (Å²) in [6.07, 6.45) is 1.65. The molecule has 0 aliphatic carbocycles. The van der Waals surface area contributed by atoms with Crippen molar-refractivity contribution in [2.45, 2.75) is 18.3 Å². The van der Waals surface area contributed by atoms with Crippen LogP contribution in [0.1, 0.15) is 12.5 Å². The van der Waals surface area contributed by atoms with Gasteiger partial charge in [0.1, 0.15) is 11.6 Å². The van der Waals surface area contributed by atoms with Crippen LogP contribution in [0.2, 0.25) is 0 Å². The molecule has 1 atom stereocenters. The number of aromatic nitrogens is 1. The smallest absolute Gasteiger partial charge is 0.241 e. The van der Waals surface area contributed by atoms with Crippen molar-refractivity contribution in [2.24, 2.45) is 0 Å². The molecule has 0 saturated heterocycles. The summed E-state index contributed by atoms with van der Waals surface area (Å²) >= 11 is 3.30. The van der Waals surface area contributed by atoms with Crippen LogP contribution in [0.3, 0.4) is 0 Å². The number of hydrogen-bond acceptors (Lipinski definition) is 3. The van der Waals surface area contributed by atoms with Crippen molar-refractivity contribution >= 4 is 27.7 Å². The Balaban J connectivity index is 2.30. The van der Waals surface area contributed by atoms with Crippen molar-refractivity contribution < 1.29 is 9.90 Å². The number of carbonyl (C=O) groups is 1. The fourth-order valence-corrected chi connectivity index (χ4v) is 2.08. The molecule has 1 aromatic heterocycles. The molecular weight excluding hydrogens is 320 g/mol. The zero-order valence-corrected chi connectivity index (χ0v) is 12.6. The molecule has 0 aliphatic heterocycles. The van der Waals surface area contributed by atoms with E-state index in [9.17, 15) is 9.90 Å². The van der Waals surface area contributed by atoms with E-state index in [1.54, 1.807) is 48.4 Å². The fraction of sp³-hybridized carbons (Fsp3) is 0.200. The van der Waals surface area contributed by atoms with Gasteiger partial charge in [-0.25, -0.2) is 4.98 Å². The second-order valence-electron chi connectivity index (χ2n) is 4.40. The lowest BCUT2D eigenvalue weighted by Gasteiger charge is -2.23. The quantitative estimate of drug-likeness (QED) is 0.874. The van der Waals surface area contributed by atoms with Gasteiger partial charge in [-0.3, -0.25) is 9.69 Å². The van der Waals surface area contributed by atoms with Crippen LogP contribution in [0, 0.1) is 0 Å². The number of phenolic OH excluding ortho intramolecular Hbond substituents is 1. The third kappa shape index (κ3) is 3.57. The number of benzene rings is 1. The highest BCUT2D eigenvalue weighted by molar-refractivity contribution is 9.10. The van der Waals surface area contributed by atoms with Crippen molar-refractivity contribution in [3.05, 3.63) is 54.2 Å². The minimum absolute atomic E-state index is 0.0768. The molecule has 1 unspecified atom stereocenters. The number of pyridine rings is 1. The molecule has 20 heavy (non-hydrogen) atoms. The summed E-state index contributed by atoms with van der Waals surface area (Å²) in [4.78, 5) is 17.8. The van der Waals surface area contributed by atoms with Crippen molar-refractivity contribution in [1.82, 2.24) is 4.98 Å². The molecule has 0 fully saturated rings. The predicted octanol–water partition coefficient (Wildman–Crippen LogP) is 3.10. The van der Waals surface area contributed by atoms with Gasteiger partial charge in [0.05, 0.1) is 11.4 Å². The Labute approximate surface area is 126 Å². The van der Waals surface area contributed by atoms with Crippen molar-refractivity contribution in [2.75, 3.05) is 4.90 Å². The van der Waals surface area contributed by atoms with Gasteiger partial charge in [-0.1, -0.05) is 34.1 Å². The first-order valence-electron chi connectivity index (χ1n) is 6.22. The number of nitrogens with zero attached hydrogens (tertiary/aromatic N) is 2. The average Bonchev–Trinajstić information content (AvgIpc) is 2.45. The minimum atomic E-state index is -0.304. The van der Waals surface area contributed by atoms with Crippen LogP contribution in [0.15, 0.2) is 48.7 Å². The molecule has 0 saturated carbocycles. The highest BCUT2D eigenvalue weighted by atomic mass is 79.9. The maximum absolute atomic E-state index is 12.3. The Morgan fingerprint density at radius 2 is 2.15 bits per heavy atom. The Kier molecular flexibility index (Phi) is 4.74. The van der Waals surface area contributed by atoms with Crippen LogP contribution in [-0.4, -0.2) is 20.8 Å². The molecule has 1 aromatic carbocycles. The number of hydrogen-bond donors (Lipinski definition) is 1. The number of carbonyl (C=O) groups excluding carboxylic acids is 1. The highest BCUT2D eigenvalue weighted by Gasteiger charge is 2.21. The largest absolute Gasteiger partial charge is 0.508 e. The molecule has 0 radical (unpaired) electrons. The Hall–Kier alpha value is -1.88. The molecule has 1 amide bonds. The lowest BCUT2D eigenvalue weighted by Crippen LogP contribution is -2.35. The van der Waals surface area contributed by atoms with E-state index < -0.39 is 0 Å². The average molecular weight is 335 g/mol. The summed E-state index contributed by atoms with van der Waals surface area (Å²) in [5.74, 6) is 0.696. The molecule has 0 bridgehead atoms. The summed E-state index contributed by atoms with van der Waals surface area (Å²) in [6, 6.07) is 12.3. The van der Waals surface area contributed by atoms with E-state index >= 15 is 0 Å². The summed E-state index contributed by atoms with van der Waals surface area (Å²) < 4.78 is 0. The number of halogens is 1. The summed E-state index contributed by atoms with van der Waals surface area (Å²) in [6.45, 7) is 2.14. The minimum Gasteiger partial charge on any atom is -0.508 e. The monoisotopic (exact) mass is 334 g/mol. The molecule has 2 rings (SSSR count). The third-order valence-corrected chi connectivity index (χ3v) is 3.18. The van der Waals surface area contributed by atoms with Crippen LogP contribution in [0.4, 0.5) is 5.82 Å². The van der Waals surface area contributed by atoms with E-state index in [0.29, 0.717) is 12.4 Å². The normalized spacial score (nSPS) is 11.9. The molecule has 1 N–H and O–H groups in total. The molecule has 0 aliphatic rings. The van der Waals surface area contributed by atoms with Gasteiger partial charge in [0.2, 0.25) is 5.91 Å². The number of amides is 1. The van der Waals surface area contributed by atoms with Crippen LogP contribution in [-0.2, 0) is 11.3 Å². The molecule has 5 heteroatoms. The number of alkyl halides is 1. The van der Waals surface area contributed by atoms with Crippen molar-refractivity contribution in [1.29, 1.82) is 0 Å². The third-order valence-electron chi connectivity index (χ3n) is 2.78. The topological polar surface area (TPSA) is 53.4 Å². The van der Waals surface area contributed by atoms with E-state index in [-0.39, 0.29) is 16.5 Å². The first kappa shape index (κ1) is 14.5. The fourth-order valence-electron chi connectivity index (χ4n) is 1.84. The Morgan fingerprint density at radius 3 is 2.75 bits per heavy atom. The van der Waals surface area contributed by atoms with Gasteiger partial charge in [-0.15, -0.1) is 0 Å². The number of rotatable bonds is 4. The Morgan fingerprint density at radius 1 is 1.35 bits per heavy atom. The van der Waals surface area contributed by atoms with Gasteiger partial charge in [0.15, 0.2) is 0 Å². The van der Waals surface area contributed by atoms with Crippen molar-refractivity contribution in [3.63, 3.8) is 0 Å². The van der Waals surface area contributed by atoms with Gasteiger partial charge in [0.25, 0.3) is 0 Å². The van der Waals surface area contributed by atoms with E-state index in [0.717, 1.165) is 5.56 Å². The second kappa shape index (κ2) is 6.52. The van der Waals surface area contributed by atoms with Crippen LogP contribution < -0.4 is 4.90 Å². The Bertz CT molecular complexity index is 587. The van der Waals surface area contributed by atoms with Gasteiger partial charge in [0, 0.05) is 6.20 Å². The first-order valence-corrected chi connectivity index (χ1v) is 7.14. The van der Waals surface area contributed by atoms with Crippen LogP contribution in [0.25, 0.3) is 0 Å². The SMILES string of the molecule is CC(Br)C(=O)N(Cc1cccc(O)c1)c1ccccn1. The standard InChI is InChI=1S/C15H15BrN2O2/c1-11(16)15(20)18(14-7-2-3-8-17-14)10-12-5-4-6-13(19)9-12/h2-9,11,19H,10H2,1H3. The maximum Gasteiger partial charge on any atom is 0.241 e. The number of anilines is 1. The zero-order valence-electron chi connectivity index (χ0n) is 11.0. The second-order valence-corrected chi connectivity index (χ2v) is 5.77. The van der Waals surface area contributed by atoms with Crippen molar-refractivity contribution in [3.8, 4) is 5.75 Å². The van der Waals surface area contributed by atoms with E-state index in [2.05, 4.69) is 20.9 Å². The number of aromatic hydroxyl groups is 1. The highest BCUT2D eigenvalue weighted by Crippen LogP contribution is 2.19. The molecule has 1 heterocycles. The van der Waals surface area contributed by atoms with Gasteiger partial charge in [-0.2, -0.15) is 0 Å². The van der Waals surface area contributed by atoms with E-state index in [1.165, 1.54) is 0 Å². The number of phenols is 1. The predicted molar refractivity (Wildman–Crippen MR) is 81.9 cm³/mol. The summed E-state index contributed by atoms with van der Waals surface area (Å²) in [5.41, 5.74) is 0.845. The van der Waals surface area contributed by atoms with E-state index in [1.807, 2.05) is 12.1 Å². The molecular formula is C15H15BrN2O2. The van der Waals surface area contributed by atoms with Gasteiger partial charge in [-0.05, 0) is 36.8 Å². The van der Waals surface area contributed by atoms with Gasteiger partial charge >= 0.3 is 0 Å². The molecule has 104 valence electrons. The van der Waals surface area contributed by atoms with Crippen LogP contribution in [0.5, 0.6) is 5.75 Å². The molecule has 4 nitrogen and oxygen atoms in total. The molecule has 2 aromatic rings. The summed E-state index contributed by atoms with van der Waals surface area (Å²) in [5, 5.41) is 9.52. The van der Waals surface area contributed by atoms with Gasteiger partial charge < -0.3 is 5.11 Å². The van der Waals surface area contributed by atoms with Crippen LogP contribution >= 0.6 is 15.9 Å². The molecule has 0 spiro atoms. The maximum atomic E-state index is 12.3. The lowest BCUT2D eigenvalue weighted by atomic mass is 10.2. The first-order chi connectivity index (χ1) is 9.58. The van der Waals surface area contributed by atoms with E-state index in [4.69, 9.17) is 0 Å².